The van der Waals surface area contributed by atoms with E-state index in [1.807, 2.05) is 5.70 Å². The fourth-order valence-electron chi connectivity index (χ4n) is 0.783. The van der Waals surface area contributed by atoms with E-state index >= 15 is 0 Å². The Morgan fingerprint density at radius 3 is 2.30 bits per heavy atom. The zero-order chi connectivity index (χ0) is 8.20. The molecule has 1 atom stereocenters. The highest BCUT2D eigenvalue weighted by Gasteiger charge is 2.30. The average molecular weight is 178 g/mol. The lowest BCUT2D eigenvalue weighted by Gasteiger charge is -2.24. The van der Waals surface area contributed by atoms with Crippen molar-refractivity contribution < 1.29 is 0 Å². The largest absolute Gasteiger partial charge is 0.322 e. The number of halogens is 1. The Hall–Kier alpha value is 0.207. The first-order valence-electron chi connectivity index (χ1n) is 3.64. The summed E-state index contributed by atoms with van der Waals surface area (Å²) in [7, 11) is -1.81. The molecule has 0 aliphatic carbocycles. The molecule has 1 nitrogen and oxygen atoms in total. The average Bonchev–Trinajstić information content (AvgIpc) is 1.88. The normalized spacial score (nSPS) is 16.9. The molecule has 0 aliphatic rings. The SMILES string of the molecule is C=C[Si](Cl)(NCC)C(C)C. The van der Waals surface area contributed by atoms with E-state index in [0.717, 1.165) is 6.54 Å². The molecule has 60 valence electrons. The molecule has 0 aromatic heterocycles. The van der Waals surface area contributed by atoms with Crippen molar-refractivity contribution in [3.05, 3.63) is 12.3 Å². The maximum absolute atomic E-state index is 6.27. The fourth-order valence-corrected chi connectivity index (χ4v) is 2.75. The summed E-state index contributed by atoms with van der Waals surface area (Å²) in [4.78, 5) is 3.29. The van der Waals surface area contributed by atoms with Crippen LogP contribution in [-0.2, 0) is 0 Å². The first-order valence-corrected chi connectivity index (χ1v) is 6.81. The molecule has 0 saturated heterocycles. The molecule has 10 heavy (non-hydrogen) atoms. The number of nitrogens with one attached hydrogen (secondary N) is 1. The van der Waals surface area contributed by atoms with Crippen molar-refractivity contribution in [3.63, 3.8) is 0 Å². The predicted molar refractivity (Wildman–Crippen MR) is 50.6 cm³/mol. The molecule has 0 spiro atoms. The molecule has 0 amide bonds. The third-order valence-corrected chi connectivity index (χ3v) is 6.93. The Balaban J connectivity index is 4.08. The van der Waals surface area contributed by atoms with E-state index in [1.165, 1.54) is 0 Å². The second-order valence-electron chi connectivity index (χ2n) is 2.66. The smallest absolute Gasteiger partial charge is 0.252 e. The lowest BCUT2D eigenvalue weighted by molar-refractivity contribution is 0.914. The van der Waals surface area contributed by atoms with Crippen LogP contribution in [0, 0.1) is 0 Å². The highest BCUT2D eigenvalue weighted by Crippen LogP contribution is 2.22. The van der Waals surface area contributed by atoms with E-state index in [4.69, 9.17) is 11.1 Å². The minimum atomic E-state index is -1.81. The van der Waals surface area contributed by atoms with Crippen LogP contribution >= 0.6 is 11.1 Å². The van der Waals surface area contributed by atoms with Crippen LogP contribution in [0.1, 0.15) is 20.8 Å². The summed E-state index contributed by atoms with van der Waals surface area (Å²) in [5.41, 5.74) is 2.40. The number of hydrogen-bond acceptors (Lipinski definition) is 1. The van der Waals surface area contributed by atoms with Gasteiger partial charge < -0.3 is 4.98 Å². The summed E-state index contributed by atoms with van der Waals surface area (Å²) in [6.07, 6.45) is 0. The Morgan fingerprint density at radius 2 is 2.20 bits per heavy atom. The molecule has 1 unspecified atom stereocenters. The molecule has 0 fully saturated rings. The van der Waals surface area contributed by atoms with Gasteiger partial charge in [-0.1, -0.05) is 26.5 Å². The monoisotopic (exact) mass is 177 g/mol. The van der Waals surface area contributed by atoms with Gasteiger partial charge in [-0.25, -0.2) is 0 Å². The van der Waals surface area contributed by atoms with Crippen molar-refractivity contribution in [3.8, 4) is 0 Å². The molecule has 1 N–H and O–H groups in total. The molecule has 0 aromatic rings. The molecule has 0 aliphatic heterocycles. The van der Waals surface area contributed by atoms with Gasteiger partial charge in [0.25, 0.3) is 7.55 Å². The van der Waals surface area contributed by atoms with E-state index in [9.17, 15) is 0 Å². The summed E-state index contributed by atoms with van der Waals surface area (Å²) < 4.78 is 0. The molecular formula is C7H16ClNSi. The topological polar surface area (TPSA) is 12.0 Å². The summed E-state index contributed by atoms with van der Waals surface area (Å²) >= 11 is 6.27. The second kappa shape index (κ2) is 4.16. The molecule has 0 saturated carbocycles. The van der Waals surface area contributed by atoms with Crippen LogP contribution in [0.5, 0.6) is 0 Å². The van der Waals surface area contributed by atoms with E-state index in [0.29, 0.717) is 5.54 Å². The van der Waals surface area contributed by atoms with Crippen molar-refractivity contribution in [1.29, 1.82) is 0 Å². The van der Waals surface area contributed by atoms with Crippen LogP contribution in [0.15, 0.2) is 12.3 Å². The Bertz CT molecular complexity index is 116. The second-order valence-corrected chi connectivity index (χ2v) is 7.99. The van der Waals surface area contributed by atoms with Gasteiger partial charge in [-0.2, -0.15) is 0 Å². The Morgan fingerprint density at radius 1 is 1.70 bits per heavy atom. The van der Waals surface area contributed by atoms with E-state index < -0.39 is 7.55 Å². The van der Waals surface area contributed by atoms with Crippen LogP contribution in [0.25, 0.3) is 0 Å². The summed E-state index contributed by atoms with van der Waals surface area (Å²) in [5, 5.41) is 0. The van der Waals surface area contributed by atoms with Crippen molar-refractivity contribution in [1.82, 2.24) is 4.98 Å². The van der Waals surface area contributed by atoms with Gasteiger partial charge in [0.05, 0.1) is 0 Å². The van der Waals surface area contributed by atoms with Crippen LogP contribution in [-0.4, -0.2) is 14.1 Å². The third kappa shape index (κ3) is 2.44. The van der Waals surface area contributed by atoms with Crippen molar-refractivity contribution in [2.24, 2.45) is 0 Å². The van der Waals surface area contributed by atoms with Crippen LogP contribution in [0.2, 0.25) is 5.54 Å². The molecule has 0 radical (unpaired) electrons. The maximum atomic E-state index is 6.27. The van der Waals surface area contributed by atoms with Crippen molar-refractivity contribution in [2.45, 2.75) is 26.3 Å². The molecule has 0 rings (SSSR count). The van der Waals surface area contributed by atoms with E-state index in [-0.39, 0.29) is 0 Å². The summed E-state index contributed by atoms with van der Waals surface area (Å²) in [5.74, 6) is 0. The van der Waals surface area contributed by atoms with Gasteiger partial charge in [0.1, 0.15) is 0 Å². The lowest BCUT2D eigenvalue weighted by atomic mass is 10.6. The quantitative estimate of drug-likeness (QED) is 0.514. The molecule has 3 heteroatoms. The van der Waals surface area contributed by atoms with Gasteiger partial charge in [-0.15, -0.1) is 17.7 Å². The van der Waals surface area contributed by atoms with Crippen molar-refractivity contribution >= 4 is 18.6 Å². The minimum absolute atomic E-state index is 0.506. The maximum Gasteiger partial charge on any atom is 0.252 e. The standard InChI is InChI=1S/C7H16ClNSi/c1-5-9-10(8,6-2)7(3)4/h6-7,9H,2,5H2,1,3-4H3. The van der Waals surface area contributed by atoms with Crippen LogP contribution in [0.4, 0.5) is 0 Å². The first kappa shape index (κ1) is 10.2. The van der Waals surface area contributed by atoms with Gasteiger partial charge in [-0.3, -0.25) is 0 Å². The highest BCUT2D eigenvalue weighted by atomic mass is 35.6. The van der Waals surface area contributed by atoms with E-state index in [1.54, 1.807) is 0 Å². The predicted octanol–water partition coefficient (Wildman–Crippen LogP) is 2.41. The Labute approximate surface area is 69.3 Å². The number of hydrogen-bond donors (Lipinski definition) is 1. The van der Waals surface area contributed by atoms with Crippen molar-refractivity contribution in [2.75, 3.05) is 6.54 Å². The fraction of sp³-hybridized carbons (Fsp3) is 0.714. The van der Waals surface area contributed by atoms with Gasteiger partial charge in [0, 0.05) is 0 Å². The summed E-state index contributed by atoms with van der Waals surface area (Å²) in [6, 6.07) is 0. The van der Waals surface area contributed by atoms with Crippen LogP contribution in [0.3, 0.4) is 0 Å². The highest BCUT2D eigenvalue weighted by molar-refractivity contribution is 7.22. The minimum Gasteiger partial charge on any atom is -0.322 e. The third-order valence-electron chi connectivity index (χ3n) is 1.59. The van der Waals surface area contributed by atoms with Crippen LogP contribution < -0.4 is 4.98 Å². The number of rotatable bonds is 4. The molecule has 0 heterocycles. The van der Waals surface area contributed by atoms with Gasteiger partial charge in [0.2, 0.25) is 0 Å². The lowest BCUT2D eigenvalue weighted by Crippen LogP contribution is -2.46. The van der Waals surface area contributed by atoms with Gasteiger partial charge >= 0.3 is 0 Å². The van der Waals surface area contributed by atoms with Gasteiger partial charge in [0.15, 0.2) is 0 Å². The Kier molecular flexibility index (Phi) is 4.25. The first-order chi connectivity index (χ1) is 4.56. The molecule has 0 aromatic carbocycles. The van der Waals surface area contributed by atoms with E-state index in [2.05, 4.69) is 32.3 Å². The van der Waals surface area contributed by atoms with Gasteiger partial charge in [-0.05, 0) is 12.1 Å². The summed E-state index contributed by atoms with van der Waals surface area (Å²) in [6.45, 7) is 11.0. The zero-order valence-corrected chi connectivity index (χ0v) is 8.70. The molecule has 0 bridgehead atoms. The molecular weight excluding hydrogens is 162 g/mol. The zero-order valence-electron chi connectivity index (χ0n) is 6.95.